The molecule has 0 saturated heterocycles. The minimum atomic E-state index is -0.944. The highest BCUT2D eigenvalue weighted by Crippen LogP contribution is 2.30. The summed E-state index contributed by atoms with van der Waals surface area (Å²) >= 11 is 0. The number of aryl methyl sites for hydroxylation is 1. The molecule has 0 aliphatic carbocycles. The van der Waals surface area contributed by atoms with Gasteiger partial charge in [-0.2, -0.15) is 0 Å². The molecule has 1 heterocycles. The molecule has 2 aromatic carbocycles. The molecule has 136 valence electrons. The fourth-order valence-corrected chi connectivity index (χ4v) is 2.91. The first-order chi connectivity index (χ1) is 13.0. The average molecular weight is 359 g/mol. The van der Waals surface area contributed by atoms with Gasteiger partial charge in [0.05, 0.1) is 5.56 Å². The predicted octanol–water partition coefficient (Wildman–Crippen LogP) is 4.65. The number of carbonyl (C=O) groups is 1. The highest BCUT2D eigenvalue weighted by molar-refractivity contribution is 5.88. The second-order valence-corrected chi connectivity index (χ2v) is 6.20. The summed E-state index contributed by atoms with van der Waals surface area (Å²) in [6.45, 7) is 5.81. The highest BCUT2D eigenvalue weighted by atomic mass is 16.4. The van der Waals surface area contributed by atoms with E-state index in [1.165, 1.54) is 0 Å². The second kappa shape index (κ2) is 7.83. The van der Waals surface area contributed by atoms with Crippen molar-refractivity contribution in [3.05, 3.63) is 84.1 Å². The number of rotatable bonds is 6. The number of carboxylic acids is 1. The van der Waals surface area contributed by atoms with Crippen LogP contribution in [0.3, 0.4) is 0 Å². The van der Waals surface area contributed by atoms with E-state index >= 15 is 0 Å². The summed E-state index contributed by atoms with van der Waals surface area (Å²) in [6.07, 6.45) is 2.48. The lowest BCUT2D eigenvalue weighted by Gasteiger charge is -2.23. The Kier molecular flexibility index (Phi) is 5.31. The number of allylic oxidation sites excluding steroid dienone is 1. The molecule has 1 aromatic heterocycles. The molecule has 0 fully saturated rings. The second-order valence-electron chi connectivity index (χ2n) is 6.20. The maximum absolute atomic E-state index is 11.1. The van der Waals surface area contributed by atoms with Gasteiger partial charge >= 0.3 is 5.97 Å². The van der Waals surface area contributed by atoms with Crippen molar-refractivity contribution < 1.29 is 9.90 Å². The van der Waals surface area contributed by atoms with Crippen LogP contribution in [0.4, 0.5) is 11.5 Å². The van der Waals surface area contributed by atoms with Gasteiger partial charge in [-0.25, -0.2) is 14.8 Å². The van der Waals surface area contributed by atoms with Crippen molar-refractivity contribution in [1.29, 1.82) is 0 Å². The minimum Gasteiger partial charge on any atom is -0.478 e. The van der Waals surface area contributed by atoms with Crippen LogP contribution in [-0.2, 0) is 6.42 Å². The Labute approximate surface area is 158 Å². The monoisotopic (exact) mass is 359 g/mol. The molecule has 0 bridgehead atoms. The van der Waals surface area contributed by atoms with Crippen molar-refractivity contribution in [2.24, 2.45) is 0 Å². The van der Waals surface area contributed by atoms with Crippen molar-refractivity contribution in [2.45, 2.75) is 13.3 Å². The molecular formula is C22H21N3O2. The highest BCUT2D eigenvalue weighted by Gasteiger charge is 2.17. The van der Waals surface area contributed by atoms with E-state index in [0.29, 0.717) is 12.2 Å². The zero-order valence-corrected chi connectivity index (χ0v) is 15.4. The smallest absolute Gasteiger partial charge is 0.335 e. The fourth-order valence-electron chi connectivity index (χ4n) is 2.91. The Morgan fingerprint density at radius 2 is 1.78 bits per heavy atom. The topological polar surface area (TPSA) is 66.3 Å². The van der Waals surface area contributed by atoms with Crippen LogP contribution in [0, 0.1) is 6.92 Å². The SMILES string of the molecule is C=CCc1c(C)nc(-c2ccccc2)nc1N(C)c1ccc(C(=O)O)cc1. The molecule has 1 N–H and O–H groups in total. The number of benzene rings is 2. The van der Waals surface area contributed by atoms with E-state index in [2.05, 4.69) is 11.6 Å². The van der Waals surface area contributed by atoms with Gasteiger partial charge in [-0.05, 0) is 37.6 Å². The average Bonchev–Trinajstić information content (AvgIpc) is 2.69. The van der Waals surface area contributed by atoms with E-state index in [0.717, 1.165) is 28.3 Å². The first-order valence-corrected chi connectivity index (χ1v) is 8.62. The van der Waals surface area contributed by atoms with Gasteiger partial charge in [-0.15, -0.1) is 6.58 Å². The van der Waals surface area contributed by atoms with Gasteiger partial charge in [0.1, 0.15) is 5.82 Å². The van der Waals surface area contributed by atoms with E-state index in [4.69, 9.17) is 10.1 Å². The van der Waals surface area contributed by atoms with Gasteiger partial charge in [-0.1, -0.05) is 36.4 Å². The van der Waals surface area contributed by atoms with Gasteiger partial charge < -0.3 is 10.0 Å². The van der Waals surface area contributed by atoms with Gasteiger partial charge in [0.15, 0.2) is 5.82 Å². The Balaban J connectivity index is 2.09. The van der Waals surface area contributed by atoms with Crippen LogP contribution in [0.5, 0.6) is 0 Å². The lowest BCUT2D eigenvalue weighted by Crippen LogP contribution is -2.16. The van der Waals surface area contributed by atoms with Gasteiger partial charge in [0.25, 0.3) is 0 Å². The van der Waals surface area contributed by atoms with Crippen LogP contribution in [0.1, 0.15) is 21.6 Å². The molecule has 5 nitrogen and oxygen atoms in total. The van der Waals surface area contributed by atoms with Crippen molar-refractivity contribution in [3.8, 4) is 11.4 Å². The third-order valence-electron chi connectivity index (χ3n) is 4.39. The molecule has 3 rings (SSSR count). The maximum atomic E-state index is 11.1. The molecule has 0 atom stereocenters. The number of hydrogen-bond donors (Lipinski definition) is 1. The van der Waals surface area contributed by atoms with Crippen LogP contribution in [-0.4, -0.2) is 28.1 Å². The third kappa shape index (κ3) is 3.87. The number of carboxylic acid groups (broad SMARTS) is 1. The van der Waals surface area contributed by atoms with Crippen LogP contribution >= 0.6 is 0 Å². The predicted molar refractivity (Wildman–Crippen MR) is 108 cm³/mol. The maximum Gasteiger partial charge on any atom is 0.335 e. The Morgan fingerprint density at radius 3 is 2.37 bits per heavy atom. The third-order valence-corrected chi connectivity index (χ3v) is 4.39. The van der Waals surface area contributed by atoms with Gasteiger partial charge in [-0.3, -0.25) is 0 Å². The standard InChI is InChI=1S/C22H21N3O2/c1-4-8-19-15(2)23-20(16-9-6-5-7-10-16)24-21(19)25(3)18-13-11-17(12-14-18)22(26)27/h4-7,9-14H,1,8H2,2-3H3,(H,26,27). The largest absolute Gasteiger partial charge is 0.478 e. The molecule has 0 amide bonds. The Hall–Kier alpha value is -3.47. The number of anilines is 2. The molecule has 0 unspecified atom stereocenters. The number of aromatic carboxylic acids is 1. The van der Waals surface area contributed by atoms with Crippen molar-refractivity contribution >= 4 is 17.5 Å². The van der Waals surface area contributed by atoms with E-state index in [1.807, 2.05) is 55.3 Å². The van der Waals surface area contributed by atoms with Gasteiger partial charge in [0.2, 0.25) is 0 Å². The lowest BCUT2D eigenvalue weighted by atomic mass is 10.1. The molecule has 0 aliphatic rings. The zero-order chi connectivity index (χ0) is 19.4. The van der Waals surface area contributed by atoms with Gasteiger partial charge in [0, 0.05) is 29.6 Å². The van der Waals surface area contributed by atoms with Crippen molar-refractivity contribution in [2.75, 3.05) is 11.9 Å². The Bertz CT molecular complexity index is 967. The summed E-state index contributed by atoms with van der Waals surface area (Å²) in [4.78, 5) is 22.5. The first kappa shape index (κ1) is 18.3. The quantitative estimate of drug-likeness (QED) is 0.649. The lowest BCUT2D eigenvalue weighted by molar-refractivity contribution is 0.0697. The molecular weight excluding hydrogens is 338 g/mol. The Morgan fingerprint density at radius 1 is 1.11 bits per heavy atom. The zero-order valence-electron chi connectivity index (χ0n) is 15.4. The molecule has 5 heteroatoms. The van der Waals surface area contributed by atoms with E-state index < -0.39 is 5.97 Å². The number of hydrogen-bond acceptors (Lipinski definition) is 4. The first-order valence-electron chi connectivity index (χ1n) is 8.62. The molecule has 0 spiro atoms. The summed E-state index contributed by atoms with van der Waals surface area (Å²) in [5.74, 6) is 0.495. The van der Waals surface area contributed by atoms with E-state index in [9.17, 15) is 4.79 Å². The van der Waals surface area contributed by atoms with Crippen molar-refractivity contribution in [3.63, 3.8) is 0 Å². The summed E-state index contributed by atoms with van der Waals surface area (Å²) in [5, 5.41) is 9.10. The molecule has 0 saturated carbocycles. The van der Waals surface area contributed by atoms with E-state index in [1.54, 1.807) is 24.3 Å². The normalized spacial score (nSPS) is 10.4. The van der Waals surface area contributed by atoms with Crippen molar-refractivity contribution in [1.82, 2.24) is 9.97 Å². The number of nitrogens with zero attached hydrogens (tertiary/aromatic N) is 3. The summed E-state index contributed by atoms with van der Waals surface area (Å²) in [6, 6.07) is 16.6. The van der Waals surface area contributed by atoms with Crippen LogP contribution < -0.4 is 4.90 Å². The number of aromatic nitrogens is 2. The fraction of sp³-hybridized carbons (Fsp3) is 0.136. The molecule has 0 radical (unpaired) electrons. The van der Waals surface area contributed by atoms with E-state index in [-0.39, 0.29) is 5.56 Å². The van der Waals surface area contributed by atoms with Crippen LogP contribution in [0.2, 0.25) is 0 Å². The molecule has 3 aromatic rings. The summed E-state index contributed by atoms with van der Waals surface area (Å²) in [5.41, 5.74) is 3.94. The molecule has 0 aliphatic heterocycles. The molecule has 27 heavy (non-hydrogen) atoms. The van der Waals surface area contributed by atoms with Crippen LogP contribution in [0.25, 0.3) is 11.4 Å². The summed E-state index contributed by atoms with van der Waals surface area (Å²) in [7, 11) is 1.92. The van der Waals surface area contributed by atoms with Crippen LogP contribution in [0.15, 0.2) is 67.3 Å². The summed E-state index contributed by atoms with van der Waals surface area (Å²) < 4.78 is 0. The minimum absolute atomic E-state index is 0.252.